The van der Waals surface area contributed by atoms with Gasteiger partial charge in [-0.25, -0.2) is 0 Å². The number of fused-ring (bicyclic) bond motifs is 3. The van der Waals surface area contributed by atoms with Crippen LogP contribution in [0.4, 0.5) is 0 Å². The largest absolute Gasteiger partial charge is 0.190 e. The first-order valence-corrected chi connectivity index (χ1v) is 8.18. The maximum Gasteiger partial charge on any atom is 0.0783 e. The Morgan fingerprint density at radius 3 is 1.47 bits per heavy atom. The van der Waals surface area contributed by atoms with E-state index >= 15 is 0 Å². The van der Waals surface area contributed by atoms with Crippen molar-refractivity contribution in [3.63, 3.8) is 0 Å². The van der Waals surface area contributed by atoms with Crippen LogP contribution in [-0.4, -0.2) is 12.1 Å². The Hall–Kier alpha value is -0.920. The van der Waals surface area contributed by atoms with Gasteiger partial charge in [-0.3, -0.25) is 0 Å². The molecule has 0 aromatic rings. The van der Waals surface area contributed by atoms with Gasteiger partial charge < -0.3 is 0 Å². The minimum absolute atomic E-state index is 0.567. The molecule has 0 spiro atoms. The molecule has 2 heteroatoms. The Labute approximate surface area is 114 Å². The van der Waals surface area contributed by atoms with Crippen molar-refractivity contribution in [3.05, 3.63) is 24.3 Å². The lowest BCUT2D eigenvalue weighted by molar-refractivity contribution is -0.0488. The average molecular weight is 252 g/mol. The molecule has 8 rings (SSSR count). The Balaban J connectivity index is 1.53. The first-order valence-electron chi connectivity index (χ1n) is 8.18. The fraction of sp³-hybridized carbons (Fsp3) is 0.765. The summed E-state index contributed by atoms with van der Waals surface area (Å²) in [7, 11) is 0. The van der Waals surface area contributed by atoms with Gasteiger partial charge >= 0.3 is 0 Å². The molecule has 2 aliphatic heterocycles. The van der Waals surface area contributed by atoms with Gasteiger partial charge in [0.2, 0.25) is 0 Å². The normalized spacial score (nSPS) is 65.7. The molecule has 10 atom stereocenters. The van der Waals surface area contributed by atoms with Crippen molar-refractivity contribution in [3.8, 4) is 0 Å². The van der Waals surface area contributed by atoms with Gasteiger partial charge in [0.1, 0.15) is 0 Å². The van der Waals surface area contributed by atoms with E-state index in [0.717, 1.165) is 47.3 Å². The van der Waals surface area contributed by atoms with E-state index in [-0.39, 0.29) is 0 Å². The van der Waals surface area contributed by atoms with Gasteiger partial charge in [-0.15, -0.1) is 0 Å². The maximum absolute atomic E-state index is 4.82. The quantitative estimate of drug-likeness (QED) is 0.590. The molecule has 6 aliphatic carbocycles. The van der Waals surface area contributed by atoms with Crippen LogP contribution in [0.1, 0.15) is 19.3 Å². The smallest absolute Gasteiger partial charge is 0.0783 e. The van der Waals surface area contributed by atoms with Gasteiger partial charge in [0, 0.05) is 0 Å². The van der Waals surface area contributed by atoms with Crippen molar-refractivity contribution >= 4 is 0 Å². The third kappa shape index (κ3) is 0.976. The SMILES string of the molecule is C1=C[C@H]2CC[C@@H]1[C@H]1[C@H]3N=N[C@@H]([C@@H]4[C@H]3[C@H]3C=C[C@H]4C3)[C@@H]12. The summed E-state index contributed by atoms with van der Waals surface area (Å²) in [5.41, 5.74) is 0. The van der Waals surface area contributed by atoms with Crippen molar-refractivity contribution in [2.24, 2.45) is 57.6 Å². The summed E-state index contributed by atoms with van der Waals surface area (Å²) >= 11 is 0. The van der Waals surface area contributed by atoms with E-state index in [2.05, 4.69) is 24.3 Å². The molecule has 0 saturated heterocycles. The van der Waals surface area contributed by atoms with Crippen LogP contribution >= 0.6 is 0 Å². The lowest BCUT2D eigenvalue weighted by atomic mass is 9.48. The lowest BCUT2D eigenvalue weighted by Crippen LogP contribution is -2.61. The molecule has 6 bridgehead atoms. The molecular weight excluding hydrogens is 232 g/mol. The molecule has 19 heavy (non-hydrogen) atoms. The minimum Gasteiger partial charge on any atom is -0.190 e. The molecule has 0 radical (unpaired) electrons. The number of rotatable bonds is 0. The van der Waals surface area contributed by atoms with E-state index in [1.54, 1.807) is 0 Å². The lowest BCUT2D eigenvalue weighted by Gasteiger charge is -2.59. The first kappa shape index (κ1) is 9.90. The summed E-state index contributed by atoms with van der Waals surface area (Å²) in [6.45, 7) is 0. The highest BCUT2D eigenvalue weighted by atomic mass is 15.2. The van der Waals surface area contributed by atoms with Gasteiger partial charge in [-0.1, -0.05) is 24.3 Å². The second-order valence-electron chi connectivity index (χ2n) is 7.76. The van der Waals surface area contributed by atoms with Gasteiger partial charge in [-0.05, 0) is 66.6 Å². The van der Waals surface area contributed by atoms with Gasteiger partial charge in [0.15, 0.2) is 0 Å². The highest BCUT2D eigenvalue weighted by molar-refractivity contribution is 5.27. The second-order valence-corrected chi connectivity index (χ2v) is 7.76. The molecule has 8 aliphatic rings. The van der Waals surface area contributed by atoms with Crippen LogP contribution in [0.25, 0.3) is 0 Å². The van der Waals surface area contributed by atoms with E-state index in [1.807, 2.05) is 0 Å². The molecule has 0 amide bonds. The molecular formula is C17H20N2. The van der Waals surface area contributed by atoms with E-state index in [4.69, 9.17) is 10.2 Å². The monoisotopic (exact) mass is 252 g/mol. The number of hydrogen-bond donors (Lipinski definition) is 0. The van der Waals surface area contributed by atoms with Crippen molar-refractivity contribution < 1.29 is 0 Å². The molecule has 3 saturated carbocycles. The summed E-state index contributed by atoms with van der Waals surface area (Å²) in [5, 5.41) is 9.64. The second kappa shape index (κ2) is 3.05. The van der Waals surface area contributed by atoms with Crippen LogP contribution < -0.4 is 0 Å². The Bertz CT molecular complexity index is 489. The number of allylic oxidation sites excluding steroid dienone is 4. The summed E-state index contributed by atoms with van der Waals surface area (Å²) in [6.07, 6.45) is 14.3. The number of nitrogens with zero attached hydrogens (tertiary/aromatic N) is 2. The van der Waals surface area contributed by atoms with Gasteiger partial charge in [-0.2, -0.15) is 10.2 Å². The van der Waals surface area contributed by atoms with Crippen LogP contribution in [0.5, 0.6) is 0 Å². The van der Waals surface area contributed by atoms with Crippen LogP contribution in [0.15, 0.2) is 34.5 Å². The van der Waals surface area contributed by atoms with Crippen LogP contribution in [0, 0.1) is 47.3 Å². The average Bonchev–Trinajstić information content (AvgIpc) is 3.12. The van der Waals surface area contributed by atoms with Gasteiger partial charge in [0.05, 0.1) is 12.1 Å². The Morgan fingerprint density at radius 2 is 1.00 bits per heavy atom. The van der Waals surface area contributed by atoms with Crippen molar-refractivity contribution in [1.82, 2.24) is 0 Å². The fourth-order valence-electron chi connectivity index (χ4n) is 6.87. The zero-order chi connectivity index (χ0) is 12.1. The Morgan fingerprint density at radius 1 is 0.579 bits per heavy atom. The number of azo groups is 1. The van der Waals surface area contributed by atoms with Crippen LogP contribution in [-0.2, 0) is 0 Å². The zero-order valence-corrected chi connectivity index (χ0v) is 11.1. The molecule has 0 N–H and O–H groups in total. The maximum atomic E-state index is 4.82. The van der Waals surface area contributed by atoms with Crippen molar-refractivity contribution in [1.29, 1.82) is 0 Å². The Kier molecular flexibility index (Phi) is 1.59. The van der Waals surface area contributed by atoms with E-state index in [1.165, 1.54) is 19.3 Å². The van der Waals surface area contributed by atoms with E-state index < -0.39 is 0 Å². The summed E-state index contributed by atoms with van der Waals surface area (Å²) in [6, 6.07) is 1.13. The van der Waals surface area contributed by atoms with Crippen LogP contribution in [0.2, 0.25) is 0 Å². The van der Waals surface area contributed by atoms with E-state index in [9.17, 15) is 0 Å². The predicted molar refractivity (Wildman–Crippen MR) is 72.5 cm³/mol. The highest BCUT2D eigenvalue weighted by Crippen LogP contribution is 2.65. The molecule has 0 aromatic carbocycles. The molecule has 3 fully saturated rings. The third-order valence-electron chi connectivity index (χ3n) is 7.37. The zero-order valence-electron chi connectivity index (χ0n) is 11.1. The predicted octanol–water partition coefficient (Wildman–Crippen LogP) is 3.47. The van der Waals surface area contributed by atoms with Crippen LogP contribution in [0.3, 0.4) is 0 Å². The van der Waals surface area contributed by atoms with Crippen molar-refractivity contribution in [2.45, 2.75) is 31.3 Å². The van der Waals surface area contributed by atoms with Gasteiger partial charge in [0.25, 0.3) is 0 Å². The van der Waals surface area contributed by atoms with Crippen molar-refractivity contribution in [2.75, 3.05) is 0 Å². The number of hydrogen-bond acceptors (Lipinski definition) is 2. The minimum atomic E-state index is 0.567. The third-order valence-corrected chi connectivity index (χ3v) is 7.37. The topological polar surface area (TPSA) is 24.7 Å². The first-order chi connectivity index (χ1) is 9.42. The molecule has 0 unspecified atom stereocenters. The standard InChI is InChI=1S/C17H20N2/c1-2-9-4-3-8(1)12-13(9)17-15-11-6-5-10(7-11)14(15)16(12)18-19-17/h1-2,5-6,8-17H,3-4,7H2/t8-,9+,10-,11-,12+,13+,14-,15+,16+,17+/m0/s1. The fourth-order valence-corrected chi connectivity index (χ4v) is 6.87. The highest BCUT2D eigenvalue weighted by Gasteiger charge is 2.65. The molecule has 98 valence electrons. The summed E-state index contributed by atoms with van der Waals surface area (Å²) in [5.74, 6) is 6.73. The molecule has 0 aromatic heterocycles. The van der Waals surface area contributed by atoms with E-state index in [0.29, 0.717) is 12.1 Å². The molecule has 2 nitrogen and oxygen atoms in total. The summed E-state index contributed by atoms with van der Waals surface area (Å²) < 4.78 is 0. The molecule has 2 heterocycles. The summed E-state index contributed by atoms with van der Waals surface area (Å²) in [4.78, 5) is 0.